The lowest BCUT2D eigenvalue weighted by Crippen LogP contribution is -2.16. The molecule has 0 saturated carbocycles. The second kappa shape index (κ2) is 5.28. The Kier molecular flexibility index (Phi) is 3.33. The van der Waals surface area contributed by atoms with E-state index >= 15 is 0 Å². The van der Waals surface area contributed by atoms with Gasteiger partial charge in [-0.2, -0.15) is 5.10 Å². The number of benzene rings is 1. The van der Waals surface area contributed by atoms with Gasteiger partial charge >= 0.3 is 0 Å². The van der Waals surface area contributed by atoms with Crippen molar-refractivity contribution in [1.82, 2.24) is 20.5 Å². The van der Waals surface area contributed by atoms with Gasteiger partial charge in [-0.25, -0.2) is 0 Å². The Morgan fingerprint density at radius 1 is 1.26 bits per heavy atom. The van der Waals surface area contributed by atoms with Gasteiger partial charge in [0.15, 0.2) is 0 Å². The van der Waals surface area contributed by atoms with Crippen LogP contribution < -0.4 is 5.32 Å². The maximum atomic E-state index is 3.93. The van der Waals surface area contributed by atoms with Crippen molar-refractivity contribution in [3.8, 4) is 0 Å². The van der Waals surface area contributed by atoms with Crippen LogP contribution in [0.3, 0.4) is 0 Å². The van der Waals surface area contributed by atoms with Crippen molar-refractivity contribution in [2.24, 2.45) is 0 Å². The average Bonchev–Trinajstić information content (AvgIpc) is 3.05. The fourth-order valence-corrected chi connectivity index (χ4v) is 2.48. The van der Waals surface area contributed by atoms with Gasteiger partial charge in [0.25, 0.3) is 0 Å². The molecule has 4 nitrogen and oxygen atoms in total. The third-order valence-corrected chi connectivity index (χ3v) is 3.44. The molecule has 0 aliphatic rings. The molecular formula is C15H18N4. The summed E-state index contributed by atoms with van der Waals surface area (Å²) in [5.41, 5.74) is 5.06. The van der Waals surface area contributed by atoms with Gasteiger partial charge in [-0.3, -0.25) is 5.10 Å². The first-order valence-corrected chi connectivity index (χ1v) is 6.59. The van der Waals surface area contributed by atoms with E-state index < -0.39 is 0 Å². The van der Waals surface area contributed by atoms with Gasteiger partial charge < -0.3 is 10.3 Å². The molecule has 3 N–H and O–H groups in total. The predicted molar refractivity (Wildman–Crippen MR) is 77.0 cm³/mol. The molecule has 0 amide bonds. The quantitative estimate of drug-likeness (QED) is 0.613. The summed E-state index contributed by atoms with van der Waals surface area (Å²) in [5, 5.41) is 11.7. The summed E-state index contributed by atoms with van der Waals surface area (Å²) in [6.07, 6.45) is 4.93. The third-order valence-electron chi connectivity index (χ3n) is 3.44. The van der Waals surface area contributed by atoms with Crippen molar-refractivity contribution in [1.29, 1.82) is 0 Å². The van der Waals surface area contributed by atoms with Crippen molar-refractivity contribution < 1.29 is 0 Å². The molecule has 98 valence electrons. The Labute approximate surface area is 112 Å². The van der Waals surface area contributed by atoms with Crippen molar-refractivity contribution in [2.75, 3.05) is 6.54 Å². The highest BCUT2D eigenvalue weighted by Gasteiger charge is 2.05. The Hall–Kier alpha value is -2.07. The zero-order valence-electron chi connectivity index (χ0n) is 11.0. The van der Waals surface area contributed by atoms with Gasteiger partial charge in [-0.1, -0.05) is 12.1 Å². The molecule has 2 aromatic heterocycles. The Bertz CT molecular complexity index is 652. The van der Waals surface area contributed by atoms with Crippen LogP contribution in [-0.4, -0.2) is 21.7 Å². The normalized spacial score (nSPS) is 11.2. The minimum absolute atomic E-state index is 0.835. The smallest absolute Gasteiger partial charge is 0.0490 e. The Morgan fingerprint density at radius 2 is 2.21 bits per heavy atom. The van der Waals surface area contributed by atoms with E-state index in [0.29, 0.717) is 0 Å². The number of H-pyrrole nitrogens is 2. The molecule has 3 aromatic rings. The zero-order chi connectivity index (χ0) is 13.1. The van der Waals surface area contributed by atoms with Gasteiger partial charge in [-0.15, -0.1) is 0 Å². The summed E-state index contributed by atoms with van der Waals surface area (Å²) >= 11 is 0. The van der Waals surface area contributed by atoms with Gasteiger partial charge in [0.05, 0.1) is 0 Å². The molecular weight excluding hydrogens is 236 g/mol. The average molecular weight is 254 g/mol. The van der Waals surface area contributed by atoms with Gasteiger partial charge in [0.1, 0.15) is 0 Å². The highest BCUT2D eigenvalue weighted by molar-refractivity contribution is 5.86. The molecule has 0 aliphatic carbocycles. The van der Waals surface area contributed by atoms with Crippen LogP contribution in [0.15, 0.2) is 36.7 Å². The van der Waals surface area contributed by atoms with E-state index in [1.54, 1.807) is 6.20 Å². The fraction of sp³-hybridized carbons (Fsp3) is 0.267. The SMILES string of the molecule is Cc1cccc2[nH]cc(CCNCc3ccn[nH]3)c12. The predicted octanol–water partition coefficient (Wildman–Crippen LogP) is 2.53. The number of aryl methyl sites for hydroxylation is 1. The maximum absolute atomic E-state index is 3.93. The van der Waals surface area contributed by atoms with Crippen LogP contribution in [0.2, 0.25) is 0 Å². The molecule has 19 heavy (non-hydrogen) atoms. The van der Waals surface area contributed by atoms with Crippen LogP contribution in [0.5, 0.6) is 0 Å². The molecule has 4 heteroatoms. The summed E-state index contributed by atoms with van der Waals surface area (Å²) < 4.78 is 0. The standard InChI is InChI=1S/C15H18N4/c1-11-3-2-4-14-15(11)12(9-17-14)5-7-16-10-13-6-8-18-19-13/h2-4,6,8-9,16-17H,5,7,10H2,1H3,(H,18,19). The topological polar surface area (TPSA) is 56.5 Å². The molecule has 0 spiro atoms. The number of nitrogens with one attached hydrogen (secondary N) is 3. The first-order chi connectivity index (χ1) is 9.34. The second-order valence-electron chi connectivity index (χ2n) is 4.82. The number of hydrogen-bond donors (Lipinski definition) is 3. The first kappa shape index (κ1) is 12.0. The van der Waals surface area contributed by atoms with Gasteiger partial charge in [-0.05, 0) is 43.1 Å². The van der Waals surface area contributed by atoms with Crippen molar-refractivity contribution in [3.05, 3.63) is 53.5 Å². The fourth-order valence-electron chi connectivity index (χ4n) is 2.48. The summed E-state index contributed by atoms with van der Waals surface area (Å²) in [4.78, 5) is 3.34. The van der Waals surface area contributed by atoms with Gasteiger partial charge in [0, 0.05) is 35.5 Å². The number of aromatic amines is 2. The molecule has 2 heterocycles. The van der Waals surface area contributed by atoms with Crippen LogP contribution in [-0.2, 0) is 13.0 Å². The summed E-state index contributed by atoms with van der Waals surface area (Å²) in [7, 11) is 0. The summed E-state index contributed by atoms with van der Waals surface area (Å²) in [6, 6.07) is 8.37. The minimum atomic E-state index is 0.835. The molecule has 1 aromatic carbocycles. The number of hydrogen-bond acceptors (Lipinski definition) is 2. The van der Waals surface area contributed by atoms with E-state index in [0.717, 1.165) is 25.2 Å². The van der Waals surface area contributed by atoms with Crippen LogP contribution in [0, 0.1) is 6.92 Å². The largest absolute Gasteiger partial charge is 0.361 e. The lowest BCUT2D eigenvalue weighted by Gasteiger charge is -2.04. The molecule has 0 atom stereocenters. The summed E-state index contributed by atoms with van der Waals surface area (Å²) in [5.74, 6) is 0. The lowest BCUT2D eigenvalue weighted by atomic mass is 10.1. The third kappa shape index (κ3) is 2.53. The van der Waals surface area contributed by atoms with E-state index in [1.807, 2.05) is 6.07 Å². The van der Waals surface area contributed by atoms with Crippen molar-refractivity contribution >= 4 is 10.9 Å². The van der Waals surface area contributed by atoms with E-state index in [2.05, 4.69) is 51.8 Å². The molecule has 0 radical (unpaired) electrons. The van der Waals surface area contributed by atoms with Gasteiger partial charge in [0.2, 0.25) is 0 Å². The highest BCUT2D eigenvalue weighted by Crippen LogP contribution is 2.22. The van der Waals surface area contributed by atoms with E-state index in [9.17, 15) is 0 Å². The monoisotopic (exact) mass is 254 g/mol. The zero-order valence-corrected chi connectivity index (χ0v) is 11.0. The van der Waals surface area contributed by atoms with Crippen molar-refractivity contribution in [2.45, 2.75) is 19.9 Å². The van der Waals surface area contributed by atoms with E-state index in [-0.39, 0.29) is 0 Å². The van der Waals surface area contributed by atoms with E-state index in [1.165, 1.54) is 22.0 Å². The Morgan fingerprint density at radius 3 is 3.05 bits per heavy atom. The summed E-state index contributed by atoms with van der Waals surface area (Å²) in [6.45, 7) is 3.96. The minimum Gasteiger partial charge on any atom is -0.361 e. The highest BCUT2D eigenvalue weighted by atomic mass is 15.1. The molecule has 0 fully saturated rings. The van der Waals surface area contributed by atoms with Crippen LogP contribution in [0.4, 0.5) is 0 Å². The van der Waals surface area contributed by atoms with Crippen LogP contribution >= 0.6 is 0 Å². The van der Waals surface area contributed by atoms with Crippen LogP contribution in [0.25, 0.3) is 10.9 Å². The number of nitrogens with zero attached hydrogens (tertiary/aromatic N) is 1. The molecule has 3 rings (SSSR count). The molecule has 0 unspecified atom stereocenters. The number of aromatic nitrogens is 3. The molecule has 0 aliphatic heterocycles. The van der Waals surface area contributed by atoms with Crippen LogP contribution in [0.1, 0.15) is 16.8 Å². The first-order valence-electron chi connectivity index (χ1n) is 6.59. The maximum Gasteiger partial charge on any atom is 0.0490 e. The van der Waals surface area contributed by atoms with Crippen molar-refractivity contribution in [3.63, 3.8) is 0 Å². The molecule has 0 saturated heterocycles. The molecule has 0 bridgehead atoms. The lowest BCUT2D eigenvalue weighted by molar-refractivity contribution is 0.674. The number of rotatable bonds is 5. The second-order valence-corrected chi connectivity index (χ2v) is 4.82. The number of fused-ring (bicyclic) bond motifs is 1. The Balaban J connectivity index is 1.62. The van der Waals surface area contributed by atoms with E-state index in [4.69, 9.17) is 0 Å².